The van der Waals surface area contributed by atoms with E-state index >= 15 is 0 Å². The second kappa shape index (κ2) is 6.49. The van der Waals surface area contributed by atoms with E-state index < -0.39 is 0 Å². The molecule has 1 heterocycles. The molecule has 0 amide bonds. The van der Waals surface area contributed by atoms with Crippen molar-refractivity contribution in [2.75, 3.05) is 19.8 Å². The first-order chi connectivity index (χ1) is 7.23. The van der Waals surface area contributed by atoms with E-state index in [-0.39, 0.29) is 0 Å². The van der Waals surface area contributed by atoms with Crippen LogP contribution in [0.25, 0.3) is 0 Å². The molecule has 1 aliphatic heterocycles. The summed E-state index contributed by atoms with van der Waals surface area (Å²) in [5, 5.41) is 0. The Kier molecular flexibility index (Phi) is 5.62. The van der Waals surface area contributed by atoms with Gasteiger partial charge in [0.1, 0.15) is 0 Å². The second-order valence-corrected chi connectivity index (χ2v) is 4.98. The molecule has 0 spiro atoms. The van der Waals surface area contributed by atoms with Gasteiger partial charge in [-0.15, -0.1) is 0 Å². The summed E-state index contributed by atoms with van der Waals surface area (Å²) in [6, 6.07) is 0. The van der Waals surface area contributed by atoms with Gasteiger partial charge >= 0.3 is 0 Å². The van der Waals surface area contributed by atoms with Crippen molar-refractivity contribution in [3.05, 3.63) is 0 Å². The lowest BCUT2D eigenvalue weighted by Gasteiger charge is -2.43. The van der Waals surface area contributed by atoms with Gasteiger partial charge in [-0.05, 0) is 12.8 Å². The van der Waals surface area contributed by atoms with E-state index in [1.807, 2.05) is 0 Å². The fraction of sp³-hybridized carbons (Fsp3) is 1.00. The van der Waals surface area contributed by atoms with Crippen molar-refractivity contribution in [3.63, 3.8) is 0 Å². The Morgan fingerprint density at radius 2 is 1.93 bits per heavy atom. The first-order valence-electron chi connectivity index (χ1n) is 6.42. The van der Waals surface area contributed by atoms with Crippen LogP contribution in [0.5, 0.6) is 0 Å². The van der Waals surface area contributed by atoms with Crippen molar-refractivity contribution in [3.8, 4) is 0 Å². The molecule has 2 heteroatoms. The van der Waals surface area contributed by atoms with Gasteiger partial charge in [-0.1, -0.05) is 40.0 Å². The van der Waals surface area contributed by atoms with E-state index in [0.717, 1.165) is 26.2 Å². The quantitative estimate of drug-likeness (QED) is 0.577. The summed E-state index contributed by atoms with van der Waals surface area (Å²) >= 11 is 0. The number of hydrogen-bond acceptors (Lipinski definition) is 2. The maximum Gasteiger partial charge on any atom is 0.0670 e. The highest BCUT2D eigenvalue weighted by Gasteiger charge is 2.40. The van der Waals surface area contributed by atoms with E-state index in [2.05, 4.69) is 20.8 Å². The molecule has 0 radical (unpaired) electrons. The number of ether oxygens (including phenoxy) is 2. The Morgan fingerprint density at radius 1 is 1.20 bits per heavy atom. The van der Waals surface area contributed by atoms with E-state index in [9.17, 15) is 0 Å². The largest absolute Gasteiger partial charge is 0.380 e. The smallest absolute Gasteiger partial charge is 0.0670 e. The summed E-state index contributed by atoms with van der Waals surface area (Å²) in [4.78, 5) is 0. The molecule has 0 bridgehead atoms. The third-order valence-corrected chi connectivity index (χ3v) is 3.33. The SMILES string of the molecule is CCCCCCOC(CC)C1(C)COC1. The highest BCUT2D eigenvalue weighted by Crippen LogP contribution is 2.34. The lowest BCUT2D eigenvalue weighted by atomic mass is 9.81. The fourth-order valence-corrected chi connectivity index (χ4v) is 2.18. The molecule has 1 aliphatic rings. The molecule has 2 nitrogen and oxygen atoms in total. The summed E-state index contributed by atoms with van der Waals surface area (Å²) in [7, 11) is 0. The van der Waals surface area contributed by atoms with Crippen molar-refractivity contribution in [1.82, 2.24) is 0 Å². The summed E-state index contributed by atoms with van der Waals surface area (Å²) in [6.07, 6.45) is 6.64. The van der Waals surface area contributed by atoms with Crippen molar-refractivity contribution in [2.45, 2.75) is 59.0 Å². The van der Waals surface area contributed by atoms with Gasteiger partial charge in [0.05, 0.1) is 19.3 Å². The van der Waals surface area contributed by atoms with Gasteiger partial charge in [0.2, 0.25) is 0 Å². The van der Waals surface area contributed by atoms with E-state index in [4.69, 9.17) is 9.47 Å². The minimum absolute atomic E-state index is 0.291. The van der Waals surface area contributed by atoms with E-state index in [0.29, 0.717) is 11.5 Å². The molecule has 1 rings (SSSR count). The average molecular weight is 214 g/mol. The molecule has 0 aliphatic carbocycles. The molecule has 0 aromatic rings. The summed E-state index contributed by atoms with van der Waals surface area (Å²) in [6.45, 7) is 9.40. The zero-order valence-corrected chi connectivity index (χ0v) is 10.6. The molecule has 1 unspecified atom stereocenters. The molecule has 0 aromatic heterocycles. The van der Waals surface area contributed by atoms with Crippen LogP contribution in [0.3, 0.4) is 0 Å². The molecule has 1 fully saturated rings. The predicted molar refractivity (Wildman–Crippen MR) is 63.1 cm³/mol. The summed E-state index contributed by atoms with van der Waals surface area (Å²) in [5.74, 6) is 0. The Hall–Kier alpha value is -0.0800. The van der Waals surface area contributed by atoms with Gasteiger partial charge < -0.3 is 9.47 Å². The van der Waals surface area contributed by atoms with Gasteiger partial charge in [0, 0.05) is 12.0 Å². The van der Waals surface area contributed by atoms with Crippen molar-refractivity contribution >= 4 is 0 Å². The first-order valence-corrected chi connectivity index (χ1v) is 6.42. The number of hydrogen-bond donors (Lipinski definition) is 0. The van der Waals surface area contributed by atoms with Gasteiger partial charge in [0.15, 0.2) is 0 Å². The highest BCUT2D eigenvalue weighted by atomic mass is 16.5. The van der Waals surface area contributed by atoms with Crippen LogP contribution in [-0.4, -0.2) is 25.9 Å². The van der Waals surface area contributed by atoms with Crippen LogP contribution >= 0.6 is 0 Å². The molecule has 15 heavy (non-hydrogen) atoms. The average Bonchev–Trinajstić information content (AvgIpc) is 2.20. The van der Waals surface area contributed by atoms with Crippen LogP contribution in [0.1, 0.15) is 52.9 Å². The van der Waals surface area contributed by atoms with Crippen LogP contribution < -0.4 is 0 Å². The first kappa shape index (κ1) is 13.0. The van der Waals surface area contributed by atoms with Gasteiger partial charge in [0.25, 0.3) is 0 Å². The van der Waals surface area contributed by atoms with Gasteiger partial charge in [-0.25, -0.2) is 0 Å². The predicted octanol–water partition coefficient (Wildman–Crippen LogP) is 3.40. The van der Waals surface area contributed by atoms with Crippen LogP contribution in [0.4, 0.5) is 0 Å². The third kappa shape index (κ3) is 3.76. The zero-order valence-electron chi connectivity index (χ0n) is 10.6. The van der Waals surface area contributed by atoms with Crippen molar-refractivity contribution in [2.24, 2.45) is 5.41 Å². The van der Waals surface area contributed by atoms with Crippen molar-refractivity contribution in [1.29, 1.82) is 0 Å². The van der Waals surface area contributed by atoms with Crippen LogP contribution in [-0.2, 0) is 9.47 Å². The Bertz CT molecular complexity index is 164. The number of unbranched alkanes of at least 4 members (excludes halogenated alkanes) is 3. The summed E-state index contributed by atoms with van der Waals surface area (Å²) < 4.78 is 11.3. The molecule has 0 N–H and O–H groups in total. The standard InChI is InChI=1S/C13H26O2/c1-4-6-7-8-9-15-12(5-2)13(3)10-14-11-13/h12H,4-11H2,1-3H3. The molecule has 90 valence electrons. The third-order valence-electron chi connectivity index (χ3n) is 3.33. The van der Waals surface area contributed by atoms with Crippen molar-refractivity contribution < 1.29 is 9.47 Å². The van der Waals surface area contributed by atoms with Crippen LogP contribution in [0.15, 0.2) is 0 Å². The van der Waals surface area contributed by atoms with E-state index in [1.54, 1.807) is 0 Å². The normalized spacial score (nSPS) is 21.0. The molecular weight excluding hydrogens is 188 g/mol. The summed E-state index contributed by atoms with van der Waals surface area (Å²) in [5.41, 5.74) is 0.291. The minimum Gasteiger partial charge on any atom is -0.380 e. The minimum atomic E-state index is 0.291. The monoisotopic (exact) mass is 214 g/mol. The Labute approximate surface area is 94.3 Å². The second-order valence-electron chi connectivity index (χ2n) is 4.98. The fourth-order valence-electron chi connectivity index (χ4n) is 2.18. The van der Waals surface area contributed by atoms with E-state index in [1.165, 1.54) is 25.7 Å². The topological polar surface area (TPSA) is 18.5 Å². The Balaban J connectivity index is 2.11. The molecule has 1 atom stereocenters. The molecule has 1 saturated heterocycles. The van der Waals surface area contributed by atoms with Crippen LogP contribution in [0, 0.1) is 5.41 Å². The number of rotatable bonds is 8. The molecule has 0 aromatic carbocycles. The lowest BCUT2D eigenvalue weighted by molar-refractivity contribution is -0.178. The molecular formula is C13H26O2. The lowest BCUT2D eigenvalue weighted by Crippen LogP contribution is -2.50. The zero-order chi connectivity index (χ0) is 11.1. The van der Waals surface area contributed by atoms with Gasteiger partial charge in [-0.3, -0.25) is 0 Å². The molecule has 0 saturated carbocycles. The van der Waals surface area contributed by atoms with Crippen LogP contribution in [0.2, 0.25) is 0 Å². The maximum absolute atomic E-state index is 5.96. The highest BCUT2D eigenvalue weighted by molar-refractivity contribution is 4.88. The maximum atomic E-state index is 5.96. The Morgan fingerprint density at radius 3 is 2.40 bits per heavy atom. The van der Waals surface area contributed by atoms with Gasteiger partial charge in [-0.2, -0.15) is 0 Å².